The Bertz CT molecular complexity index is 402. The summed E-state index contributed by atoms with van der Waals surface area (Å²) in [6, 6.07) is 1.78. The summed E-state index contributed by atoms with van der Waals surface area (Å²) in [5.74, 6) is 0.610. The fourth-order valence-corrected chi connectivity index (χ4v) is 1.99. The van der Waals surface area contributed by atoms with Crippen LogP contribution in [0.3, 0.4) is 0 Å². The molecular formula is C12H18N2O3. The Labute approximate surface area is 101 Å². The number of ether oxygens (including phenoxy) is 1. The van der Waals surface area contributed by atoms with Crippen molar-refractivity contribution in [3.8, 4) is 0 Å². The molecule has 0 aliphatic carbocycles. The molecule has 1 aromatic heterocycles. The Hall–Kier alpha value is -1.33. The normalized spacial score (nSPS) is 25.0. The van der Waals surface area contributed by atoms with Crippen molar-refractivity contribution in [3.63, 3.8) is 0 Å². The van der Waals surface area contributed by atoms with Crippen LogP contribution in [0, 0.1) is 0 Å². The van der Waals surface area contributed by atoms with Crippen LogP contribution >= 0.6 is 0 Å². The van der Waals surface area contributed by atoms with Crippen molar-refractivity contribution in [1.82, 2.24) is 4.90 Å². The average Bonchev–Trinajstić information content (AvgIpc) is 2.80. The molecule has 0 bridgehead atoms. The van der Waals surface area contributed by atoms with Crippen LogP contribution in [0.15, 0.2) is 16.7 Å². The number of rotatable bonds is 2. The van der Waals surface area contributed by atoms with Gasteiger partial charge < -0.3 is 19.8 Å². The summed E-state index contributed by atoms with van der Waals surface area (Å²) in [6.45, 7) is 5.48. The van der Waals surface area contributed by atoms with E-state index in [1.54, 1.807) is 6.07 Å². The first-order chi connectivity index (χ1) is 8.13. The SMILES string of the molecule is CC1OCCN(C(=O)c2coc(CN)c2)C1C. The molecule has 0 spiro atoms. The third-order valence-electron chi connectivity index (χ3n) is 3.25. The molecule has 0 radical (unpaired) electrons. The van der Waals surface area contributed by atoms with Crippen molar-refractivity contribution >= 4 is 5.91 Å². The molecule has 1 aliphatic heterocycles. The Morgan fingerprint density at radius 2 is 2.35 bits per heavy atom. The highest BCUT2D eigenvalue weighted by molar-refractivity contribution is 5.94. The zero-order chi connectivity index (χ0) is 12.4. The van der Waals surface area contributed by atoms with Crippen LogP contribution in [0.5, 0.6) is 0 Å². The number of hydrogen-bond donors (Lipinski definition) is 1. The van der Waals surface area contributed by atoms with E-state index in [1.165, 1.54) is 6.26 Å². The maximum absolute atomic E-state index is 12.3. The van der Waals surface area contributed by atoms with Gasteiger partial charge in [-0.2, -0.15) is 0 Å². The number of hydrogen-bond acceptors (Lipinski definition) is 4. The fraction of sp³-hybridized carbons (Fsp3) is 0.583. The van der Waals surface area contributed by atoms with Gasteiger partial charge in [0.05, 0.1) is 30.9 Å². The monoisotopic (exact) mass is 238 g/mol. The van der Waals surface area contributed by atoms with Crippen molar-refractivity contribution in [1.29, 1.82) is 0 Å². The van der Waals surface area contributed by atoms with Crippen molar-refractivity contribution in [2.45, 2.75) is 32.5 Å². The van der Waals surface area contributed by atoms with Crippen molar-refractivity contribution in [2.75, 3.05) is 13.2 Å². The molecule has 0 saturated carbocycles. The van der Waals surface area contributed by atoms with Gasteiger partial charge in [0.15, 0.2) is 0 Å². The van der Waals surface area contributed by atoms with E-state index >= 15 is 0 Å². The maximum atomic E-state index is 12.3. The second-order valence-electron chi connectivity index (χ2n) is 4.32. The Morgan fingerprint density at radius 1 is 1.59 bits per heavy atom. The Kier molecular flexibility index (Phi) is 3.49. The van der Waals surface area contributed by atoms with Crippen molar-refractivity contribution < 1.29 is 13.9 Å². The standard InChI is InChI=1S/C12H18N2O3/c1-8-9(2)16-4-3-14(8)12(15)10-5-11(6-13)17-7-10/h5,7-9H,3-4,6,13H2,1-2H3. The van der Waals surface area contributed by atoms with E-state index in [4.69, 9.17) is 14.9 Å². The zero-order valence-corrected chi connectivity index (χ0v) is 10.2. The van der Waals surface area contributed by atoms with E-state index in [0.29, 0.717) is 31.0 Å². The van der Waals surface area contributed by atoms with Gasteiger partial charge in [0.2, 0.25) is 0 Å². The van der Waals surface area contributed by atoms with E-state index in [2.05, 4.69) is 0 Å². The summed E-state index contributed by atoms with van der Waals surface area (Å²) in [6.07, 6.45) is 1.53. The van der Waals surface area contributed by atoms with Crippen LogP contribution in [-0.2, 0) is 11.3 Å². The number of carbonyl (C=O) groups excluding carboxylic acids is 1. The molecule has 94 valence electrons. The highest BCUT2D eigenvalue weighted by Gasteiger charge is 2.30. The predicted octanol–water partition coefficient (Wildman–Crippen LogP) is 0.988. The highest BCUT2D eigenvalue weighted by Crippen LogP contribution is 2.18. The maximum Gasteiger partial charge on any atom is 0.257 e. The lowest BCUT2D eigenvalue weighted by molar-refractivity contribution is -0.0440. The topological polar surface area (TPSA) is 68.7 Å². The van der Waals surface area contributed by atoms with Gasteiger partial charge in [-0.25, -0.2) is 0 Å². The van der Waals surface area contributed by atoms with Gasteiger partial charge in [-0.15, -0.1) is 0 Å². The minimum absolute atomic E-state index is 0.0175. The molecule has 2 rings (SSSR count). The van der Waals surface area contributed by atoms with Crippen LogP contribution in [0.4, 0.5) is 0 Å². The van der Waals surface area contributed by atoms with Crippen molar-refractivity contribution in [3.05, 3.63) is 23.7 Å². The largest absolute Gasteiger partial charge is 0.467 e. The van der Waals surface area contributed by atoms with Crippen LogP contribution < -0.4 is 5.73 Å². The highest BCUT2D eigenvalue weighted by atomic mass is 16.5. The Balaban J connectivity index is 2.13. The zero-order valence-electron chi connectivity index (χ0n) is 10.2. The molecule has 5 nitrogen and oxygen atoms in total. The van der Waals surface area contributed by atoms with Gasteiger partial charge in [0, 0.05) is 6.54 Å². The summed E-state index contributed by atoms with van der Waals surface area (Å²) in [4.78, 5) is 14.1. The van der Waals surface area contributed by atoms with Gasteiger partial charge in [0.1, 0.15) is 12.0 Å². The van der Waals surface area contributed by atoms with Gasteiger partial charge in [-0.1, -0.05) is 0 Å². The summed E-state index contributed by atoms with van der Waals surface area (Å²) in [5.41, 5.74) is 6.01. The third kappa shape index (κ3) is 2.35. The first kappa shape index (κ1) is 12.1. The predicted molar refractivity (Wildman–Crippen MR) is 62.5 cm³/mol. The number of morpholine rings is 1. The fourth-order valence-electron chi connectivity index (χ4n) is 1.99. The second-order valence-corrected chi connectivity index (χ2v) is 4.32. The van der Waals surface area contributed by atoms with Crippen LogP contribution in [0.2, 0.25) is 0 Å². The summed E-state index contributed by atoms with van der Waals surface area (Å²) < 4.78 is 10.7. The minimum atomic E-state index is -0.0175. The van der Waals surface area contributed by atoms with Gasteiger partial charge in [-0.05, 0) is 19.9 Å². The molecule has 5 heteroatoms. The molecule has 2 atom stereocenters. The first-order valence-corrected chi connectivity index (χ1v) is 5.83. The number of carbonyl (C=O) groups is 1. The molecule has 1 aromatic rings. The molecule has 1 aliphatic rings. The third-order valence-corrected chi connectivity index (χ3v) is 3.25. The molecule has 2 N–H and O–H groups in total. The molecule has 1 fully saturated rings. The van der Waals surface area contributed by atoms with E-state index in [9.17, 15) is 4.79 Å². The molecule has 1 saturated heterocycles. The van der Waals surface area contributed by atoms with Gasteiger partial charge in [0.25, 0.3) is 5.91 Å². The second kappa shape index (κ2) is 4.89. The van der Waals surface area contributed by atoms with Crippen LogP contribution in [0.25, 0.3) is 0 Å². The van der Waals surface area contributed by atoms with Crippen LogP contribution in [0.1, 0.15) is 30.0 Å². The molecular weight excluding hydrogens is 220 g/mol. The lowest BCUT2D eigenvalue weighted by atomic mass is 10.1. The van der Waals surface area contributed by atoms with Crippen molar-refractivity contribution in [2.24, 2.45) is 5.73 Å². The number of nitrogens with two attached hydrogens (primary N) is 1. The van der Waals surface area contributed by atoms with Gasteiger partial charge >= 0.3 is 0 Å². The van der Waals surface area contributed by atoms with E-state index in [0.717, 1.165) is 0 Å². The minimum Gasteiger partial charge on any atom is -0.467 e. The first-order valence-electron chi connectivity index (χ1n) is 5.83. The van der Waals surface area contributed by atoms with E-state index in [-0.39, 0.29) is 18.1 Å². The number of furan rings is 1. The molecule has 1 amide bonds. The smallest absolute Gasteiger partial charge is 0.257 e. The molecule has 17 heavy (non-hydrogen) atoms. The van der Waals surface area contributed by atoms with Crippen LogP contribution in [-0.4, -0.2) is 36.1 Å². The summed E-state index contributed by atoms with van der Waals surface area (Å²) in [5, 5.41) is 0. The lowest BCUT2D eigenvalue weighted by Crippen LogP contribution is -2.51. The average molecular weight is 238 g/mol. The lowest BCUT2D eigenvalue weighted by Gasteiger charge is -2.37. The van der Waals surface area contributed by atoms with E-state index in [1.807, 2.05) is 18.7 Å². The molecule has 2 unspecified atom stereocenters. The molecule has 0 aromatic carbocycles. The molecule has 2 heterocycles. The number of nitrogens with zero attached hydrogens (tertiary/aromatic N) is 1. The summed E-state index contributed by atoms with van der Waals surface area (Å²) >= 11 is 0. The quantitative estimate of drug-likeness (QED) is 0.834. The van der Waals surface area contributed by atoms with E-state index < -0.39 is 0 Å². The number of amides is 1. The summed E-state index contributed by atoms with van der Waals surface area (Å²) in [7, 11) is 0. The Morgan fingerprint density at radius 3 is 3.00 bits per heavy atom. The van der Waals surface area contributed by atoms with Gasteiger partial charge in [-0.3, -0.25) is 4.79 Å².